The monoisotopic (exact) mass is 296 g/mol. The summed E-state index contributed by atoms with van der Waals surface area (Å²) in [6, 6.07) is 3.14. The summed E-state index contributed by atoms with van der Waals surface area (Å²) in [6.07, 6.45) is -4.58. The van der Waals surface area contributed by atoms with Crippen LogP contribution in [0.5, 0.6) is 0 Å². The van der Waals surface area contributed by atoms with E-state index in [1.54, 1.807) is 6.92 Å². The normalized spacial score (nSPS) is 14.7. The molecule has 0 heterocycles. The van der Waals surface area contributed by atoms with Gasteiger partial charge in [-0.05, 0) is 25.1 Å². The average Bonchev–Trinajstić information content (AvgIpc) is 2.36. The number of hydrogen-bond acceptors (Lipinski definition) is 3. The maximum atomic E-state index is 12.6. The molecule has 0 fully saturated rings. The van der Waals surface area contributed by atoms with Crippen molar-refractivity contribution in [2.75, 3.05) is 13.6 Å². The van der Waals surface area contributed by atoms with Gasteiger partial charge in [0.2, 0.25) is 10.0 Å². The zero-order valence-corrected chi connectivity index (χ0v) is 11.3. The van der Waals surface area contributed by atoms with Crippen LogP contribution < -0.4 is 5.73 Å². The van der Waals surface area contributed by atoms with E-state index < -0.39 is 32.7 Å². The number of nitrogens with two attached hydrogens (primary N) is 1. The molecular formula is C11H15F3N2O2S. The Balaban J connectivity index is 3.23. The molecular weight excluding hydrogens is 281 g/mol. The molecule has 1 unspecified atom stereocenters. The van der Waals surface area contributed by atoms with Gasteiger partial charge in [-0.3, -0.25) is 0 Å². The number of nitrogens with zero attached hydrogens (tertiary/aromatic N) is 1. The van der Waals surface area contributed by atoms with Crippen LogP contribution in [-0.2, 0) is 16.2 Å². The van der Waals surface area contributed by atoms with E-state index in [0.717, 1.165) is 22.5 Å². The summed E-state index contributed by atoms with van der Waals surface area (Å²) < 4.78 is 62.9. The van der Waals surface area contributed by atoms with Gasteiger partial charge in [-0.25, -0.2) is 8.42 Å². The van der Waals surface area contributed by atoms with Crippen molar-refractivity contribution in [2.45, 2.75) is 24.0 Å². The molecule has 4 nitrogen and oxygen atoms in total. The number of halogens is 3. The SMILES string of the molecule is CC(CN)N(C)S(=O)(=O)c1cccc(C(F)(F)F)c1. The highest BCUT2D eigenvalue weighted by molar-refractivity contribution is 7.89. The minimum Gasteiger partial charge on any atom is -0.329 e. The third-order valence-electron chi connectivity index (χ3n) is 2.80. The molecule has 1 aromatic rings. The predicted molar refractivity (Wildman–Crippen MR) is 64.9 cm³/mol. The van der Waals surface area contributed by atoms with E-state index in [0.29, 0.717) is 6.07 Å². The van der Waals surface area contributed by atoms with Gasteiger partial charge in [0.1, 0.15) is 0 Å². The predicted octanol–water partition coefficient (Wildman–Crippen LogP) is 1.67. The minimum atomic E-state index is -4.58. The van der Waals surface area contributed by atoms with E-state index in [4.69, 9.17) is 5.73 Å². The van der Waals surface area contributed by atoms with Crippen molar-refractivity contribution >= 4 is 10.0 Å². The number of rotatable bonds is 4. The van der Waals surface area contributed by atoms with Crippen molar-refractivity contribution in [1.29, 1.82) is 0 Å². The summed E-state index contributed by atoms with van der Waals surface area (Å²) in [6.45, 7) is 1.65. The molecule has 0 saturated carbocycles. The molecule has 1 rings (SSSR count). The molecule has 0 bridgehead atoms. The first-order valence-corrected chi connectivity index (χ1v) is 6.90. The topological polar surface area (TPSA) is 63.4 Å². The van der Waals surface area contributed by atoms with E-state index in [1.807, 2.05) is 0 Å². The van der Waals surface area contributed by atoms with Crippen LogP contribution in [0.4, 0.5) is 13.2 Å². The first kappa shape index (κ1) is 15.9. The molecule has 1 atom stereocenters. The molecule has 2 N–H and O–H groups in total. The van der Waals surface area contributed by atoms with Crippen molar-refractivity contribution in [1.82, 2.24) is 4.31 Å². The Hall–Kier alpha value is -1.12. The van der Waals surface area contributed by atoms with E-state index in [2.05, 4.69) is 0 Å². The van der Waals surface area contributed by atoms with Crippen molar-refractivity contribution in [2.24, 2.45) is 5.73 Å². The fraction of sp³-hybridized carbons (Fsp3) is 0.455. The smallest absolute Gasteiger partial charge is 0.329 e. The highest BCUT2D eigenvalue weighted by Gasteiger charge is 2.32. The van der Waals surface area contributed by atoms with Crippen LogP contribution in [-0.4, -0.2) is 32.4 Å². The van der Waals surface area contributed by atoms with Crippen LogP contribution in [0.1, 0.15) is 12.5 Å². The van der Waals surface area contributed by atoms with Crippen molar-refractivity contribution in [3.63, 3.8) is 0 Å². The fourth-order valence-electron chi connectivity index (χ4n) is 1.38. The minimum absolute atomic E-state index is 0.0781. The highest BCUT2D eigenvalue weighted by atomic mass is 32.2. The van der Waals surface area contributed by atoms with E-state index >= 15 is 0 Å². The zero-order valence-electron chi connectivity index (χ0n) is 10.5. The highest BCUT2D eigenvalue weighted by Crippen LogP contribution is 2.31. The van der Waals surface area contributed by atoms with Crippen molar-refractivity contribution < 1.29 is 21.6 Å². The van der Waals surface area contributed by atoms with Crippen molar-refractivity contribution in [3.8, 4) is 0 Å². The largest absolute Gasteiger partial charge is 0.416 e. The summed E-state index contributed by atoms with van der Waals surface area (Å²) in [4.78, 5) is -0.398. The number of benzene rings is 1. The van der Waals surface area contributed by atoms with E-state index in [1.165, 1.54) is 7.05 Å². The molecule has 19 heavy (non-hydrogen) atoms. The van der Waals surface area contributed by atoms with Crippen LogP contribution >= 0.6 is 0 Å². The lowest BCUT2D eigenvalue weighted by molar-refractivity contribution is -0.137. The fourth-order valence-corrected chi connectivity index (χ4v) is 2.80. The number of likely N-dealkylation sites (N-methyl/N-ethyl adjacent to an activating group) is 1. The number of sulfonamides is 1. The van der Waals surface area contributed by atoms with Gasteiger partial charge in [0, 0.05) is 19.6 Å². The maximum Gasteiger partial charge on any atom is 0.416 e. The first-order valence-electron chi connectivity index (χ1n) is 5.46. The second-order valence-electron chi connectivity index (χ2n) is 4.13. The molecule has 0 saturated heterocycles. The Labute approximate surface area is 110 Å². The molecule has 1 aromatic carbocycles. The standard InChI is InChI=1S/C11H15F3N2O2S/c1-8(7-15)16(2)19(17,18)10-5-3-4-9(6-10)11(12,13)14/h3-6,8H,7,15H2,1-2H3. The second kappa shape index (κ2) is 5.48. The molecule has 0 aliphatic carbocycles. The molecule has 0 aliphatic heterocycles. The first-order chi connectivity index (χ1) is 8.60. The van der Waals surface area contributed by atoms with E-state index in [-0.39, 0.29) is 6.54 Å². The lowest BCUT2D eigenvalue weighted by Gasteiger charge is -2.23. The van der Waals surface area contributed by atoms with Gasteiger partial charge in [0.25, 0.3) is 0 Å². The summed E-state index contributed by atoms with van der Waals surface area (Å²) in [5, 5.41) is 0. The molecule has 0 aromatic heterocycles. The van der Waals surface area contributed by atoms with Gasteiger partial charge in [0.15, 0.2) is 0 Å². The van der Waals surface area contributed by atoms with Gasteiger partial charge in [-0.15, -0.1) is 0 Å². The molecule has 0 aliphatic rings. The van der Waals surface area contributed by atoms with Gasteiger partial charge in [0.05, 0.1) is 10.5 Å². The third-order valence-corrected chi connectivity index (χ3v) is 4.77. The Bertz CT molecular complexity index is 543. The van der Waals surface area contributed by atoms with Crippen LogP contribution in [0.2, 0.25) is 0 Å². The van der Waals surface area contributed by atoms with Crippen LogP contribution in [0, 0.1) is 0 Å². The molecule has 0 amide bonds. The summed E-state index contributed by atoms with van der Waals surface area (Å²) in [7, 11) is -2.69. The van der Waals surface area contributed by atoms with Crippen molar-refractivity contribution in [3.05, 3.63) is 29.8 Å². The second-order valence-corrected chi connectivity index (χ2v) is 6.13. The quantitative estimate of drug-likeness (QED) is 0.919. The summed E-state index contributed by atoms with van der Waals surface area (Å²) in [5.74, 6) is 0. The molecule has 0 radical (unpaired) electrons. The molecule has 0 spiro atoms. The Morgan fingerprint density at radius 2 is 1.95 bits per heavy atom. The summed E-state index contributed by atoms with van der Waals surface area (Å²) >= 11 is 0. The van der Waals surface area contributed by atoms with Crippen LogP contribution in [0.25, 0.3) is 0 Å². The molecule has 8 heteroatoms. The molecule has 108 valence electrons. The zero-order chi connectivity index (χ0) is 14.8. The van der Waals surface area contributed by atoms with Gasteiger partial charge in [-0.2, -0.15) is 17.5 Å². The number of alkyl halides is 3. The number of hydrogen-bond donors (Lipinski definition) is 1. The Morgan fingerprint density at radius 3 is 2.42 bits per heavy atom. The lowest BCUT2D eigenvalue weighted by atomic mass is 10.2. The van der Waals surface area contributed by atoms with E-state index in [9.17, 15) is 21.6 Å². The van der Waals surface area contributed by atoms with Gasteiger partial charge >= 0.3 is 6.18 Å². The summed E-state index contributed by atoms with van der Waals surface area (Å²) in [5.41, 5.74) is 4.36. The van der Waals surface area contributed by atoms with Crippen LogP contribution in [0.3, 0.4) is 0 Å². The third kappa shape index (κ3) is 3.46. The maximum absolute atomic E-state index is 12.6. The Kier molecular flexibility index (Phi) is 4.59. The van der Waals surface area contributed by atoms with Gasteiger partial charge < -0.3 is 5.73 Å². The van der Waals surface area contributed by atoms with Gasteiger partial charge in [-0.1, -0.05) is 6.07 Å². The Morgan fingerprint density at radius 1 is 1.37 bits per heavy atom. The lowest BCUT2D eigenvalue weighted by Crippen LogP contribution is -2.39. The average molecular weight is 296 g/mol. The van der Waals surface area contributed by atoms with Crippen LogP contribution in [0.15, 0.2) is 29.2 Å².